The van der Waals surface area contributed by atoms with Gasteiger partial charge in [0.1, 0.15) is 4.75 Å². The number of rotatable bonds is 6. The van der Waals surface area contributed by atoms with Gasteiger partial charge in [0.2, 0.25) is 0 Å². The summed E-state index contributed by atoms with van der Waals surface area (Å²) >= 11 is 1.51. The van der Waals surface area contributed by atoms with E-state index in [9.17, 15) is 14.4 Å². The summed E-state index contributed by atoms with van der Waals surface area (Å²) in [4.78, 5) is 33.7. The molecule has 0 bridgehead atoms. The first-order valence-electron chi connectivity index (χ1n) is 6.21. The molecule has 2 heterocycles. The highest BCUT2D eigenvalue weighted by Gasteiger charge is 2.57. The lowest BCUT2D eigenvalue weighted by molar-refractivity contribution is -0.124. The number of fused-ring (bicyclic) bond motifs is 1. The van der Waals surface area contributed by atoms with Crippen molar-refractivity contribution in [2.45, 2.75) is 42.5 Å². The third kappa shape index (κ3) is 2.55. The minimum Gasteiger partial charge on any atom is -0.332 e. The third-order valence-electron chi connectivity index (χ3n) is 3.62. The molecule has 0 aromatic heterocycles. The first-order valence-corrected chi connectivity index (χ1v) is 7.19. The molecule has 0 aromatic carbocycles. The number of unbranched alkanes of at least 4 members (excludes halogenated alkanes) is 2. The van der Waals surface area contributed by atoms with Crippen molar-refractivity contribution >= 4 is 30.0 Å². The molecule has 1 radical (unpaired) electrons. The molecular formula is C11H17N4O3S. The molecule has 3 amide bonds. The van der Waals surface area contributed by atoms with Gasteiger partial charge in [-0.2, -0.15) is 0 Å². The van der Waals surface area contributed by atoms with Crippen molar-refractivity contribution in [3.63, 3.8) is 0 Å². The van der Waals surface area contributed by atoms with E-state index in [0.717, 1.165) is 6.42 Å². The number of nitrogens with one attached hydrogen (secondary N) is 3. The van der Waals surface area contributed by atoms with Crippen molar-refractivity contribution in [1.82, 2.24) is 16.1 Å². The Labute approximate surface area is 115 Å². The zero-order valence-corrected chi connectivity index (χ0v) is 11.2. The fourth-order valence-electron chi connectivity index (χ4n) is 2.70. The van der Waals surface area contributed by atoms with Crippen molar-refractivity contribution in [1.29, 1.82) is 0 Å². The Balaban J connectivity index is 2.09. The molecule has 2 aliphatic rings. The maximum atomic E-state index is 12.1. The molecule has 2 rings (SSSR count). The Hall–Kier alpha value is -1.28. The van der Waals surface area contributed by atoms with E-state index in [2.05, 4.69) is 16.1 Å². The van der Waals surface area contributed by atoms with E-state index >= 15 is 0 Å². The van der Waals surface area contributed by atoms with E-state index in [0.29, 0.717) is 25.0 Å². The van der Waals surface area contributed by atoms with Crippen LogP contribution >= 0.6 is 11.8 Å². The number of urea groups is 1. The van der Waals surface area contributed by atoms with Gasteiger partial charge in [-0.1, -0.05) is 6.42 Å². The lowest BCUT2D eigenvalue weighted by Crippen LogP contribution is -2.57. The van der Waals surface area contributed by atoms with E-state index in [4.69, 9.17) is 5.84 Å². The highest BCUT2D eigenvalue weighted by molar-refractivity contribution is 8.01. The number of hydrogen-bond acceptors (Lipinski definition) is 5. The fraction of sp³-hybridized carbons (Fsp3) is 0.727. The Morgan fingerprint density at radius 2 is 2.32 bits per heavy atom. The minimum absolute atomic E-state index is 0.0487. The second-order valence-corrected chi connectivity index (χ2v) is 6.08. The molecule has 19 heavy (non-hydrogen) atoms. The van der Waals surface area contributed by atoms with Crippen molar-refractivity contribution < 1.29 is 14.4 Å². The molecule has 5 N–H and O–H groups in total. The van der Waals surface area contributed by atoms with E-state index in [1.807, 2.05) is 6.29 Å². The van der Waals surface area contributed by atoms with E-state index < -0.39 is 4.75 Å². The number of carbonyl (C=O) groups is 2. The van der Waals surface area contributed by atoms with E-state index in [1.54, 1.807) is 0 Å². The van der Waals surface area contributed by atoms with Gasteiger partial charge in [0.15, 0.2) is 6.29 Å². The summed E-state index contributed by atoms with van der Waals surface area (Å²) in [5, 5.41) is 5.60. The van der Waals surface area contributed by atoms with Gasteiger partial charge >= 0.3 is 6.03 Å². The highest BCUT2D eigenvalue weighted by Crippen LogP contribution is 2.44. The first-order chi connectivity index (χ1) is 9.14. The van der Waals surface area contributed by atoms with E-state index in [-0.39, 0.29) is 24.0 Å². The van der Waals surface area contributed by atoms with Gasteiger partial charge in [0.05, 0.1) is 12.1 Å². The number of thioether (sulfide) groups is 1. The Morgan fingerprint density at radius 3 is 3.00 bits per heavy atom. The summed E-state index contributed by atoms with van der Waals surface area (Å²) < 4.78 is -0.749. The molecule has 0 saturated carbocycles. The zero-order valence-electron chi connectivity index (χ0n) is 10.4. The molecule has 105 valence electrons. The molecule has 7 nitrogen and oxygen atoms in total. The number of nitrogens with two attached hydrogens (primary N) is 1. The molecule has 2 aliphatic heterocycles. The lowest BCUT2D eigenvalue weighted by atomic mass is 9.89. The summed E-state index contributed by atoms with van der Waals surface area (Å²) in [6.07, 6.45) is 4.18. The van der Waals surface area contributed by atoms with Gasteiger partial charge in [-0.05, 0) is 12.8 Å². The van der Waals surface area contributed by atoms with Crippen LogP contribution in [0.1, 0.15) is 25.7 Å². The topological polar surface area (TPSA) is 113 Å². The van der Waals surface area contributed by atoms with Crippen LogP contribution in [-0.4, -0.2) is 40.8 Å². The Kier molecular flexibility index (Phi) is 4.31. The van der Waals surface area contributed by atoms with E-state index in [1.165, 1.54) is 11.8 Å². The number of hydrogen-bond donors (Lipinski definition) is 4. The molecule has 0 aliphatic carbocycles. The van der Waals surface area contributed by atoms with Crippen LogP contribution in [0.5, 0.6) is 0 Å². The minimum atomic E-state index is -0.749. The molecule has 0 aromatic rings. The van der Waals surface area contributed by atoms with Gasteiger partial charge in [-0.3, -0.25) is 15.0 Å². The summed E-state index contributed by atoms with van der Waals surface area (Å²) in [5.41, 5.74) is 2.20. The number of hydrazine groups is 1. The Morgan fingerprint density at radius 1 is 1.53 bits per heavy atom. The van der Waals surface area contributed by atoms with Gasteiger partial charge in [-0.25, -0.2) is 10.6 Å². The summed E-state index contributed by atoms with van der Waals surface area (Å²) in [7, 11) is 0. The summed E-state index contributed by atoms with van der Waals surface area (Å²) in [6, 6.07) is -0.549. The van der Waals surface area contributed by atoms with Crippen LogP contribution in [0.3, 0.4) is 0 Å². The van der Waals surface area contributed by atoms with Crippen LogP contribution in [0.4, 0.5) is 4.79 Å². The second-order valence-electron chi connectivity index (χ2n) is 4.73. The molecule has 3 atom stereocenters. The van der Waals surface area contributed by atoms with Crippen LogP contribution in [0.15, 0.2) is 0 Å². The van der Waals surface area contributed by atoms with Gasteiger partial charge in [-0.15, -0.1) is 11.8 Å². The van der Waals surface area contributed by atoms with Crippen LogP contribution in [0.2, 0.25) is 0 Å². The van der Waals surface area contributed by atoms with Crippen molar-refractivity contribution in [2.75, 3.05) is 5.75 Å². The van der Waals surface area contributed by atoms with Gasteiger partial charge in [0, 0.05) is 12.2 Å². The standard InChI is InChI=1S/C11H17N4O3S/c12-15-9(17)11(4-2-1-3-5-16)8-7(6-19-11)13-10(18)14-8/h7-8H,1-4,6,12H2,(H,15,17)(H2,13,14,18)/t7-,8-,11-/m0/s1. The smallest absolute Gasteiger partial charge is 0.315 e. The molecule has 2 fully saturated rings. The van der Waals surface area contributed by atoms with Crippen LogP contribution in [0, 0.1) is 0 Å². The monoisotopic (exact) mass is 285 g/mol. The number of carbonyl (C=O) groups excluding carboxylic acids is 3. The van der Waals surface area contributed by atoms with Gasteiger partial charge in [0.25, 0.3) is 5.91 Å². The second kappa shape index (κ2) is 5.79. The molecule has 0 spiro atoms. The summed E-state index contributed by atoms with van der Waals surface area (Å²) in [5.74, 6) is 5.68. The fourth-order valence-corrected chi connectivity index (χ4v) is 4.33. The molecule has 2 saturated heterocycles. The lowest BCUT2D eigenvalue weighted by Gasteiger charge is -2.31. The summed E-state index contributed by atoms with van der Waals surface area (Å²) in [6.45, 7) is 0. The van der Waals surface area contributed by atoms with Crippen molar-refractivity contribution in [3.05, 3.63) is 0 Å². The third-order valence-corrected chi connectivity index (χ3v) is 5.31. The highest BCUT2D eigenvalue weighted by atomic mass is 32.2. The number of amides is 3. The normalized spacial score (nSPS) is 32.4. The van der Waals surface area contributed by atoms with Crippen molar-refractivity contribution in [2.24, 2.45) is 5.84 Å². The quantitative estimate of drug-likeness (QED) is 0.167. The van der Waals surface area contributed by atoms with Gasteiger partial charge < -0.3 is 10.6 Å². The molecule has 0 unspecified atom stereocenters. The SMILES string of the molecule is NNC(=O)[C@@]1(CCCC[C]=O)SC[C@@H]2NC(=O)N[C@@H]21. The zero-order chi connectivity index (χ0) is 13.9. The average Bonchev–Trinajstić information content (AvgIpc) is 2.93. The maximum Gasteiger partial charge on any atom is 0.315 e. The largest absolute Gasteiger partial charge is 0.332 e. The first kappa shape index (κ1) is 14.1. The predicted octanol–water partition coefficient (Wildman–Crippen LogP) is -0.818. The van der Waals surface area contributed by atoms with Crippen LogP contribution in [-0.2, 0) is 9.59 Å². The maximum absolute atomic E-state index is 12.1. The van der Waals surface area contributed by atoms with Crippen molar-refractivity contribution in [3.8, 4) is 0 Å². The molecular weight excluding hydrogens is 268 g/mol. The molecule has 8 heteroatoms. The van der Waals surface area contributed by atoms with Crippen LogP contribution in [0.25, 0.3) is 0 Å². The Bertz CT molecular complexity index is 392. The average molecular weight is 285 g/mol. The van der Waals surface area contributed by atoms with Crippen LogP contribution < -0.4 is 21.9 Å². The predicted molar refractivity (Wildman–Crippen MR) is 70.9 cm³/mol.